The average molecular weight is 322 g/mol. The van der Waals surface area contributed by atoms with Gasteiger partial charge in [-0.05, 0) is 30.7 Å². The number of aromatic nitrogens is 4. The van der Waals surface area contributed by atoms with E-state index in [4.69, 9.17) is 0 Å². The van der Waals surface area contributed by atoms with Crippen molar-refractivity contribution in [3.8, 4) is 5.69 Å². The highest BCUT2D eigenvalue weighted by Gasteiger charge is 2.11. The van der Waals surface area contributed by atoms with Gasteiger partial charge in [0.2, 0.25) is 5.95 Å². The molecule has 122 valence electrons. The van der Waals surface area contributed by atoms with Crippen LogP contribution in [-0.4, -0.2) is 38.7 Å². The molecule has 0 unspecified atom stereocenters. The molecule has 7 nitrogen and oxygen atoms in total. The molecule has 0 saturated heterocycles. The molecule has 0 saturated carbocycles. The molecule has 1 amide bonds. The Hall–Kier alpha value is -3.22. The third-order valence-electron chi connectivity index (χ3n) is 3.39. The van der Waals surface area contributed by atoms with Crippen LogP contribution in [0.25, 0.3) is 5.69 Å². The first-order valence-corrected chi connectivity index (χ1v) is 7.73. The molecule has 0 spiro atoms. The second kappa shape index (κ2) is 7.87. The Kier molecular flexibility index (Phi) is 5.14. The third-order valence-corrected chi connectivity index (χ3v) is 3.39. The molecule has 3 aromatic rings. The van der Waals surface area contributed by atoms with E-state index in [9.17, 15) is 4.79 Å². The largest absolute Gasteiger partial charge is 0.354 e. The first-order chi connectivity index (χ1) is 11.8. The highest BCUT2D eigenvalue weighted by atomic mass is 16.1. The minimum Gasteiger partial charge on any atom is -0.354 e. The Balaban J connectivity index is 1.51. The van der Waals surface area contributed by atoms with Gasteiger partial charge in [-0.2, -0.15) is 5.10 Å². The van der Waals surface area contributed by atoms with Crippen molar-refractivity contribution in [2.24, 2.45) is 0 Å². The van der Waals surface area contributed by atoms with E-state index in [1.807, 2.05) is 30.5 Å². The fourth-order valence-electron chi connectivity index (χ4n) is 2.25. The Morgan fingerprint density at radius 1 is 1.00 bits per heavy atom. The van der Waals surface area contributed by atoms with Crippen LogP contribution in [0, 0.1) is 0 Å². The molecular formula is C17H18N6O. The standard InChI is InChI=1S/C17H18N6O/c24-16(18-8-3-9-19-17-20-10-4-11-21-17)14-6-1-2-7-15(14)23-13-5-12-22-23/h1-2,4-7,10-13H,3,8-9H2,(H,18,24)(H,19,20,21). The number of carbonyl (C=O) groups excluding carboxylic acids is 1. The Morgan fingerprint density at radius 3 is 2.62 bits per heavy atom. The summed E-state index contributed by atoms with van der Waals surface area (Å²) in [5, 5.41) is 10.2. The molecule has 0 atom stereocenters. The van der Waals surface area contributed by atoms with Gasteiger partial charge in [0, 0.05) is 37.9 Å². The maximum atomic E-state index is 12.4. The first kappa shape index (κ1) is 15.7. The van der Waals surface area contributed by atoms with Gasteiger partial charge in [-0.1, -0.05) is 12.1 Å². The van der Waals surface area contributed by atoms with Crippen molar-refractivity contribution in [1.29, 1.82) is 0 Å². The van der Waals surface area contributed by atoms with E-state index in [1.54, 1.807) is 35.4 Å². The summed E-state index contributed by atoms with van der Waals surface area (Å²) in [4.78, 5) is 20.6. The van der Waals surface area contributed by atoms with E-state index in [0.29, 0.717) is 24.6 Å². The smallest absolute Gasteiger partial charge is 0.253 e. The van der Waals surface area contributed by atoms with E-state index in [0.717, 1.165) is 12.1 Å². The quantitative estimate of drug-likeness (QED) is 0.649. The lowest BCUT2D eigenvalue weighted by Gasteiger charge is -2.10. The van der Waals surface area contributed by atoms with Crippen LogP contribution in [0.15, 0.2) is 61.2 Å². The van der Waals surface area contributed by atoms with Crippen molar-refractivity contribution < 1.29 is 4.79 Å². The first-order valence-electron chi connectivity index (χ1n) is 7.73. The molecule has 0 bridgehead atoms. The zero-order valence-electron chi connectivity index (χ0n) is 13.1. The molecule has 1 aromatic carbocycles. The second-order valence-corrected chi connectivity index (χ2v) is 5.08. The molecule has 24 heavy (non-hydrogen) atoms. The predicted octanol–water partition coefficient (Wildman–Crippen LogP) is 1.89. The Bertz CT molecular complexity index is 773. The van der Waals surface area contributed by atoms with E-state index >= 15 is 0 Å². The van der Waals surface area contributed by atoms with Crippen LogP contribution < -0.4 is 10.6 Å². The molecule has 0 aliphatic carbocycles. The van der Waals surface area contributed by atoms with Crippen LogP contribution in [-0.2, 0) is 0 Å². The maximum absolute atomic E-state index is 12.4. The summed E-state index contributed by atoms with van der Waals surface area (Å²) < 4.78 is 1.68. The van der Waals surface area contributed by atoms with Crippen molar-refractivity contribution >= 4 is 11.9 Å². The van der Waals surface area contributed by atoms with Crippen LogP contribution in [0.3, 0.4) is 0 Å². The highest BCUT2D eigenvalue weighted by molar-refractivity contribution is 5.97. The molecular weight excluding hydrogens is 304 g/mol. The van der Waals surface area contributed by atoms with Crippen LogP contribution >= 0.6 is 0 Å². The molecule has 0 fully saturated rings. The van der Waals surface area contributed by atoms with Crippen LogP contribution in [0.2, 0.25) is 0 Å². The third kappa shape index (κ3) is 3.95. The molecule has 3 rings (SSSR count). The van der Waals surface area contributed by atoms with Crippen molar-refractivity contribution in [2.75, 3.05) is 18.4 Å². The number of nitrogens with zero attached hydrogens (tertiary/aromatic N) is 4. The van der Waals surface area contributed by atoms with Crippen LogP contribution in [0.1, 0.15) is 16.8 Å². The number of benzene rings is 1. The maximum Gasteiger partial charge on any atom is 0.253 e. The second-order valence-electron chi connectivity index (χ2n) is 5.08. The number of amides is 1. The Morgan fingerprint density at radius 2 is 1.83 bits per heavy atom. The van der Waals surface area contributed by atoms with E-state index in [-0.39, 0.29) is 5.91 Å². The molecule has 0 radical (unpaired) electrons. The predicted molar refractivity (Wildman–Crippen MR) is 91.0 cm³/mol. The summed E-state index contributed by atoms with van der Waals surface area (Å²) in [6.07, 6.45) is 7.64. The van der Waals surface area contributed by atoms with Crippen LogP contribution in [0.4, 0.5) is 5.95 Å². The van der Waals surface area contributed by atoms with Gasteiger partial charge in [0.05, 0.1) is 11.3 Å². The average Bonchev–Trinajstić information content (AvgIpc) is 3.17. The topological polar surface area (TPSA) is 84.7 Å². The number of hydrogen-bond donors (Lipinski definition) is 2. The van der Waals surface area contributed by atoms with Gasteiger partial charge in [-0.3, -0.25) is 4.79 Å². The number of anilines is 1. The van der Waals surface area contributed by atoms with Crippen molar-refractivity contribution in [1.82, 2.24) is 25.1 Å². The summed E-state index contributed by atoms with van der Waals surface area (Å²) in [6, 6.07) is 11.0. The summed E-state index contributed by atoms with van der Waals surface area (Å²) in [6.45, 7) is 1.25. The molecule has 0 aliphatic rings. The normalized spacial score (nSPS) is 10.3. The number of para-hydroxylation sites is 1. The lowest BCUT2D eigenvalue weighted by Crippen LogP contribution is -2.27. The summed E-state index contributed by atoms with van der Waals surface area (Å²) in [5.74, 6) is 0.477. The van der Waals surface area contributed by atoms with Crippen molar-refractivity contribution in [3.05, 3.63) is 66.7 Å². The Labute approximate surface area is 139 Å². The molecule has 7 heteroatoms. The van der Waals surface area contributed by atoms with Gasteiger partial charge in [0.15, 0.2) is 0 Å². The molecule has 0 aliphatic heterocycles. The van der Waals surface area contributed by atoms with Crippen molar-refractivity contribution in [3.63, 3.8) is 0 Å². The summed E-state index contributed by atoms with van der Waals surface area (Å²) in [7, 11) is 0. The minimum atomic E-state index is -0.114. The molecule has 2 N–H and O–H groups in total. The minimum absolute atomic E-state index is 0.114. The number of nitrogens with one attached hydrogen (secondary N) is 2. The van der Waals surface area contributed by atoms with E-state index in [2.05, 4.69) is 25.7 Å². The van der Waals surface area contributed by atoms with E-state index < -0.39 is 0 Å². The fraction of sp³-hybridized carbons (Fsp3) is 0.176. The summed E-state index contributed by atoms with van der Waals surface area (Å²) >= 11 is 0. The SMILES string of the molecule is O=C(NCCCNc1ncccn1)c1ccccc1-n1cccn1. The lowest BCUT2D eigenvalue weighted by atomic mass is 10.1. The zero-order valence-corrected chi connectivity index (χ0v) is 13.1. The van der Waals surface area contributed by atoms with E-state index in [1.165, 1.54) is 0 Å². The molecule has 2 aromatic heterocycles. The molecule has 2 heterocycles. The summed E-state index contributed by atoms with van der Waals surface area (Å²) in [5.41, 5.74) is 1.36. The lowest BCUT2D eigenvalue weighted by molar-refractivity contribution is 0.0953. The van der Waals surface area contributed by atoms with Gasteiger partial charge in [0.1, 0.15) is 0 Å². The highest BCUT2D eigenvalue weighted by Crippen LogP contribution is 2.13. The van der Waals surface area contributed by atoms with Gasteiger partial charge in [-0.25, -0.2) is 14.6 Å². The zero-order chi connectivity index (χ0) is 16.6. The van der Waals surface area contributed by atoms with Crippen molar-refractivity contribution in [2.45, 2.75) is 6.42 Å². The number of hydrogen-bond acceptors (Lipinski definition) is 5. The number of carbonyl (C=O) groups is 1. The van der Waals surface area contributed by atoms with Gasteiger partial charge in [-0.15, -0.1) is 0 Å². The monoisotopic (exact) mass is 322 g/mol. The van der Waals surface area contributed by atoms with Gasteiger partial charge >= 0.3 is 0 Å². The van der Waals surface area contributed by atoms with Gasteiger partial charge < -0.3 is 10.6 Å². The van der Waals surface area contributed by atoms with Crippen LogP contribution in [0.5, 0.6) is 0 Å². The number of rotatable bonds is 7. The van der Waals surface area contributed by atoms with Gasteiger partial charge in [0.25, 0.3) is 5.91 Å². The fourth-order valence-corrected chi connectivity index (χ4v) is 2.25.